The Hall–Kier alpha value is -2.03. The third kappa shape index (κ3) is 5.10. The Morgan fingerprint density at radius 3 is 2.52 bits per heavy atom. The van der Waals surface area contributed by atoms with Crippen molar-refractivity contribution >= 4 is 5.69 Å². The van der Waals surface area contributed by atoms with E-state index in [-0.39, 0.29) is 5.82 Å². The average molecular weight is 287 g/mol. The summed E-state index contributed by atoms with van der Waals surface area (Å²) in [4.78, 5) is 0. The number of unbranched alkanes of at least 4 members (excludes halogenated alkanes) is 1. The molecule has 2 aromatic carbocycles. The van der Waals surface area contributed by atoms with Gasteiger partial charge in [-0.25, -0.2) is 4.39 Å². The van der Waals surface area contributed by atoms with Crippen molar-refractivity contribution in [3.63, 3.8) is 0 Å². The van der Waals surface area contributed by atoms with Crippen LogP contribution in [0, 0.1) is 5.82 Å². The van der Waals surface area contributed by atoms with Gasteiger partial charge >= 0.3 is 0 Å². The van der Waals surface area contributed by atoms with E-state index in [1.54, 1.807) is 18.2 Å². The minimum atomic E-state index is -0.238. The van der Waals surface area contributed by atoms with Crippen LogP contribution in [0.4, 0.5) is 10.1 Å². The summed E-state index contributed by atoms with van der Waals surface area (Å²) in [5, 5.41) is 3.02. The van der Waals surface area contributed by atoms with Crippen molar-refractivity contribution in [3.05, 3.63) is 59.9 Å². The predicted octanol–water partition coefficient (Wildman–Crippen LogP) is 4.66. The van der Waals surface area contributed by atoms with Gasteiger partial charge in [0.1, 0.15) is 18.2 Å². The molecule has 2 nitrogen and oxygen atoms in total. The molecule has 0 aliphatic carbocycles. The number of hydrogen-bond donors (Lipinski definition) is 1. The maximum absolute atomic E-state index is 13.4. The smallest absolute Gasteiger partial charge is 0.146 e. The first kappa shape index (κ1) is 15.4. The molecule has 2 rings (SSSR count). The molecule has 0 heterocycles. The third-order valence-electron chi connectivity index (χ3n) is 3.30. The molecule has 0 amide bonds. The molecule has 0 aliphatic heterocycles. The molecule has 0 atom stereocenters. The van der Waals surface area contributed by atoms with Gasteiger partial charge < -0.3 is 10.1 Å². The van der Waals surface area contributed by atoms with Crippen LogP contribution in [0.15, 0.2) is 48.5 Å². The fourth-order valence-corrected chi connectivity index (χ4v) is 2.09. The van der Waals surface area contributed by atoms with Crippen LogP contribution in [-0.4, -0.2) is 13.2 Å². The van der Waals surface area contributed by atoms with Crippen LogP contribution in [0.5, 0.6) is 5.75 Å². The van der Waals surface area contributed by atoms with Gasteiger partial charge in [0.05, 0.1) is 5.69 Å². The molecule has 0 bridgehead atoms. The number of benzene rings is 2. The number of rotatable bonds is 8. The first-order valence-electron chi connectivity index (χ1n) is 7.49. The largest absolute Gasteiger partial charge is 0.492 e. The van der Waals surface area contributed by atoms with Gasteiger partial charge in [-0.3, -0.25) is 0 Å². The minimum Gasteiger partial charge on any atom is -0.492 e. The van der Waals surface area contributed by atoms with Gasteiger partial charge in [-0.2, -0.15) is 0 Å². The second-order valence-electron chi connectivity index (χ2n) is 5.00. The van der Waals surface area contributed by atoms with Crippen molar-refractivity contribution in [2.75, 3.05) is 18.5 Å². The van der Waals surface area contributed by atoms with E-state index in [0.29, 0.717) is 18.8 Å². The Balaban J connectivity index is 1.72. The zero-order valence-corrected chi connectivity index (χ0v) is 12.4. The Morgan fingerprint density at radius 1 is 1.05 bits per heavy atom. The van der Waals surface area contributed by atoms with E-state index < -0.39 is 0 Å². The van der Waals surface area contributed by atoms with E-state index in [2.05, 4.69) is 24.4 Å². The van der Waals surface area contributed by atoms with Crippen molar-refractivity contribution < 1.29 is 9.13 Å². The number of para-hydroxylation sites is 1. The van der Waals surface area contributed by atoms with Crippen LogP contribution in [0.3, 0.4) is 0 Å². The number of hydrogen-bond acceptors (Lipinski definition) is 2. The van der Waals surface area contributed by atoms with Crippen molar-refractivity contribution in [2.45, 2.75) is 26.2 Å². The molecule has 21 heavy (non-hydrogen) atoms. The van der Waals surface area contributed by atoms with Crippen molar-refractivity contribution in [3.8, 4) is 5.75 Å². The summed E-state index contributed by atoms with van der Waals surface area (Å²) < 4.78 is 19.0. The summed E-state index contributed by atoms with van der Waals surface area (Å²) in [5.74, 6) is 0.614. The molecular weight excluding hydrogens is 265 g/mol. The number of halogens is 1. The molecular formula is C18H22FNO. The van der Waals surface area contributed by atoms with Crippen molar-refractivity contribution in [1.82, 2.24) is 0 Å². The second kappa shape index (κ2) is 8.30. The molecule has 0 unspecified atom stereocenters. The number of nitrogens with one attached hydrogen (secondary N) is 1. The Bertz CT molecular complexity index is 539. The molecule has 0 radical (unpaired) electrons. The molecule has 2 aromatic rings. The number of anilines is 1. The lowest BCUT2D eigenvalue weighted by atomic mass is 10.1. The average Bonchev–Trinajstić information content (AvgIpc) is 2.52. The summed E-state index contributed by atoms with van der Waals surface area (Å²) >= 11 is 0. The van der Waals surface area contributed by atoms with E-state index in [0.717, 1.165) is 12.2 Å². The highest BCUT2D eigenvalue weighted by atomic mass is 19.1. The molecule has 0 saturated carbocycles. The van der Waals surface area contributed by atoms with Gasteiger partial charge in [-0.05, 0) is 42.7 Å². The number of ether oxygens (including phenoxy) is 1. The van der Waals surface area contributed by atoms with Crippen molar-refractivity contribution in [2.24, 2.45) is 0 Å². The van der Waals surface area contributed by atoms with Crippen LogP contribution < -0.4 is 10.1 Å². The monoisotopic (exact) mass is 287 g/mol. The van der Waals surface area contributed by atoms with Gasteiger partial charge in [-0.1, -0.05) is 37.6 Å². The van der Waals surface area contributed by atoms with Gasteiger partial charge in [0.2, 0.25) is 0 Å². The van der Waals surface area contributed by atoms with Gasteiger partial charge in [0.25, 0.3) is 0 Å². The van der Waals surface area contributed by atoms with E-state index in [9.17, 15) is 4.39 Å². The standard InChI is InChI=1S/C18H22FNO/c1-2-3-6-15-9-11-16(12-10-15)21-14-13-20-18-8-5-4-7-17(18)19/h4-5,7-12,20H,2-3,6,13-14H2,1H3. The first-order valence-corrected chi connectivity index (χ1v) is 7.49. The van der Waals surface area contributed by atoms with E-state index in [4.69, 9.17) is 4.74 Å². The quantitative estimate of drug-likeness (QED) is 0.713. The third-order valence-corrected chi connectivity index (χ3v) is 3.30. The molecule has 0 fully saturated rings. The molecule has 0 aliphatic rings. The minimum absolute atomic E-state index is 0.238. The molecule has 1 N–H and O–H groups in total. The normalized spacial score (nSPS) is 10.4. The van der Waals surface area contributed by atoms with Crippen molar-refractivity contribution in [1.29, 1.82) is 0 Å². The zero-order chi connectivity index (χ0) is 14.9. The highest BCUT2D eigenvalue weighted by molar-refractivity contribution is 5.44. The summed E-state index contributed by atoms with van der Waals surface area (Å²) in [6.45, 7) is 3.27. The number of aryl methyl sites for hydroxylation is 1. The fraction of sp³-hybridized carbons (Fsp3) is 0.333. The summed E-state index contributed by atoms with van der Waals surface area (Å²) in [6, 6.07) is 14.8. The Kier molecular flexibility index (Phi) is 6.07. The Morgan fingerprint density at radius 2 is 1.81 bits per heavy atom. The van der Waals surface area contributed by atoms with Gasteiger partial charge in [0, 0.05) is 6.54 Å². The lowest BCUT2D eigenvalue weighted by Crippen LogP contribution is -2.12. The molecule has 112 valence electrons. The Labute approximate surface area is 126 Å². The SMILES string of the molecule is CCCCc1ccc(OCCNc2ccccc2F)cc1. The highest BCUT2D eigenvalue weighted by Gasteiger charge is 1.99. The molecule has 0 aromatic heterocycles. The maximum atomic E-state index is 13.4. The predicted molar refractivity (Wildman–Crippen MR) is 85.4 cm³/mol. The molecule has 0 spiro atoms. The van der Waals surface area contributed by atoms with Crippen LogP contribution in [0.1, 0.15) is 25.3 Å². The lowest BCUT2D eigenvalue weighted by Gasteiger charge is -2.09. The van der Waals surface area contributed by atoms with E-state index >= 15 is 0 Å². The summed E-state index contributed by atoms with van der Waals surface area (Å²) in [5.41, 5.74) is 1.85. The highest BCUT2D eigenvalue weighted by Crippen LogP contribution is 2.14. The van der Waals surface area contributed by atoms with E-state index in [1.807, 2.05) is 12.1 Å². The lowest BCUT2D eigenvalue weighted by molar-refractivity contribution is 0.332. The first-order chi connectivity index (χ1) is 10.3. The van der Waals surface area contributed by atoms with Crippen LogP contribution in [0.25, 0.3) is 0 Å². The summed E-state index contributed by atoms with van der Waals surface area (Å²) in [6.07, 6.45) is 3.54. The van der Waals surface area contributed by atoms with Crippen LogP contribution in [-0.2, 0) is 6.42 Å². The summed E-state index contributed by atoms with van der Waals surface area (Å²) in [7, 11) is 0. The van der Waals surface area contributed by atoms with Gasteiger partial charge in [-0.15, -0.1) is 0 Å². The van der Waals surface area contributed by atoms with Crippen LogP contribution >= 0.6 is 0 Å². The molecule has 3 heteroatoms. The van der Waals surface area contributed by atoms with Crippen LogP contribution in [0.2, 0.25) is 0 Å². The maximum Gasteiger partial charge on any atom is 0.146 e. The topological polar surface area (TPSA) is 21.3 Å². The zero-order valence-electron chi connectivity index (χ0n) is 12.4. The van der Waals surface area contributed by atoms with Gasteiger partial charge in [0.15, 0.2) is 0 Å². The fourth-order valence-electron chi connectivity index (χ4n) is 2.09. The van der Waals surface area contributed by atoms with E-state index in [1.165, 1.54) is 24.5 Å². The molecule has 0 saturated heterocycles. The second-order valence-corrected chi connectivity index (χ2v) is 5.00.